The Balaban J connectivity index is 2.57. The summed E-state index contributed by atoms with van der Waals surface area (Å²) in [4.78, 5) is 13.8. The number of carbonyl (C=O) groups is 1. The zero-order valence-electron chi connectivity index (χ0n) is 13.0. The van der Waals surface area contributed by atoms with Gasteiger partial charge in [0, 0.05) is 32.9 Å². The predicted octanol–water partition coefficient (Wildman–Crippen LogP) is 2.94. The van der Waals surface area contributed by atoms with Crippen molar-refractivity contribution >= 4 is 29.0 Å². The first-order chi connectivity index (χ1) is 9.75. The molecule has 0 aliphatic rings. The number of aliphatic hydroxyl groups excluding tert-OH is 1. The van der Waals surface area contributed by atoms with Gasteiger partial charge in [-0.05, 0) is 30.0 Å². The molecule has 1 aromatic carbocycles. The minimum atomic E-state index is -0.283. The number of benzene rings is 1. The highest BCUT2D eigenvalue weighted by molar-refractivity contribution is 6.33. The molecule has 0 aliphatic carbocycles. The molecular weight excluding hydrogens is 290 g/mol. The highest BCUT2D eigenvalue weighted by Gasteiger charge is 2.18. The van der Waals surface area contributed by atoms with E-state index in [-0.39, 0.29) is 18.1 Å². The molecule has 0 atom stereocenters. The second-order valence-electron chi connectivity index (χ2n) is 6.01. The van der Waals surface area contributed by atoms with Gasteiger partial charge in [-0.1, -0.05) is 25.4 Å². The molecule has 0 saturated carbocycles. The van der Waals surface area contributed by atoms with Crippen LogP contribution in [0.5, 0.6) is 0 Å². The summed E-state index contributed by atoms with van der Waals surface area (Å²) in [6, 6.07) is 5.09. The number of rotatable bonds is 6. The molecule has 1 aromatic rings. The van der Waals surface area contributed by atoms with Gasteiger partial charge in [-0.15, -0.1) is 0 Å². The maximum Gasteiger partial charge on any atom is 0.319 e. The van der Waals surface area contributed by atoms with Crippen molar-refractivity contribution in [3.05, 3.63) is 23.2 Å². The molecule has 0 fully saturated rings. The van der Waals surface area contributed by atoms with Crippen LogP contribution in [0.4, 0.5) is 16.2 Å². The van der Waals surface area contributed by atoms with E-state index >= 15 is 0 Å². The van der Waals surface area contributed by atoms with Crippen molar-refractivity contribution in [1.29, 1.82) is 0 Å². The maximum absolute atomic E-state index is 11.9. The van der Waals surface area contributed by atoms with Crippen LogP contribution in [0.15, 0.2) is 18.2 Å². The highest BCUT2D eigenvalue weighted by atomic mass is 35.5. The van der Waals surface area contributed by atoms with Crippen LogP contribution in [0.3, 0.4) is 0 Å². The number of carbonyl (C=O) groups excluding carboxylic acids is 1. The Hall–Kier alpha value is -1.46. The van der Waals surface area contributed by atoms with E-state index in [4.69, 9.17) is 16.7 Å². The molecule has 6 heteroatoms. The molecule has 0 aliphatic heterocycles. The van der Waals surface area contributed by atoms with Crippen molar-refractivity contribution in [2.24, 2.45) is 5.41 Å². The van der Waals surface area contributed by atoms with Gasteiger partial charge in [0.05, 0.1) is 10.7 Å². The van der Waals surface area contributed by atoms with Crippen molar-refractivity contribution in [2.45, 2.75) is 20.3 Å². The summed E-state index contributed by atoms with van der Waals surface area (Å²) >= 11 is 6.16. The summed E-state index contributed by atoms with van der Waals surface area (Å²) in [7, 11) is 3.81. The van der Waals surface area contributed by atoms with Crippen LogP contribution in [-0.4, -0.2) is 38.4 Å². The Morgan fingerprint density at radius 3 is 2.57 bits per heavy atom. The number of hydrogen-bond donors (Lipinski definition) is 3. The summed E-state index contributed by atoms with van der Waals surface area (Å²) in [5.41, 5.74) is 1.40. The van der Waals surface area contributed by atoms with Gasteiger partial charge < -0.3 is 20.6 Å². The lowest BCUT2D eigenvalue weighted by Gasteiger charge is -2.24. The molecule has 2 amide bonds. The summed E-state index contributed by atoms with van der Waals surface area (Å²) in [5.74, 6) is 0. The number of halogens is 1. The van der Waals surface area contributed by atoms with Gasteiger partial charge in [-0.25, -0.2) is 4.79 Å². The third kappa shape index (κ3) is 5.81. The normalized spacial score (nSPS) is 11.1. The topological polar surface area (TPSA) is 64.6 Å². The smallest absolute Gasteiger partial charge is 0.319 e. The molecule has 3 N–H and O–H groups in total. The van der Waals surface area contributed by atoms with E-state index in [2.05, 4.69) is 10.6 Å². The van der Waals surface area contributed by atoms with Gasteiger partial charge in [0.25, 0.3) is 0 Å². The third-order valence-electron chi connectivity index (χ3n) is 3.20. The fourth-order valence-corrected chi connectivity index (χ4v) is 2.18. The fraction of sp³-hybridized carbons (Fsp3) is 0.533. The van der Waals surface area contributed by atoms with Gasteiger partial charge in [0.2, 0.25) is 0 Å². The van der Waals surface area contributed by atoms with E-state index in [9.17, 15) is 4.79 Å². The zero-order chi connectivity index (χ0) is 16.0. The molecule has 1 rings (SSSR count). The molecule has 0 bridgehead atoms. The highest BCUT2D eigenvalue weighted by Crippen LogP contribution is 2.27. The number of amides is 2. The van der Waals surface area contributed by atoms with Crippen LogP contribution in [0.2, 0.25) is 5.02 Å². The summed E-state index contributed by atoms with van der Waals surface area (Å²) in [6.07, 6.45) is 0.636. The summed E-state index contributed by atoms with van der Waals surface area (Å²) < 4.78 is 0. The third-order valence-corrected chi connectivity index (χ3v) is 3.51. The SMILES string of the molecule is CN(C)c1ccc(NC(=O)NCC(C)(C)CCO)cc1Cl. The van der Waals surface area contributed by atoms with Gasteiger partial charge >= 0.3 is 6.03 Å². The Kier molecular flexibility index (Phi) is 6.30. The minimum Gasteiger partial charge on any atom is -0.396 e. The number of urea groups is 1. The molecular formula is C15H24ClN3O2. The first-order valence-corrected chi connectivity index (χ1v) is 7.25. The van der Waals surface area contributed by atoms with Gasteiger partial charge in [-0.3, -0.25) is 0 Å². The van der Waals surface area contributed by atoms with Crippen LogP contribution < -0.4 is 15.5 Å². The lowest BCUT2D eigenvalue weighted by atomic mass is 9.90. The predicted molar refractivity (Wildman–Crippen MR) is 88.3 cm³/mol. The van der Waals surface area contributed by atoms with E-state index in [0.29, 0.717) is 23.7 Å². The van der Waals surface area contributed by atoms with Crippen LogP contribution in [0, 0.1) is 5.41 Å². The van der Waals surface area contributed by atoms with Gasteiger partial charge in [-0.2, -0.15) is 0 Å². The number of anilines is 2. The number of nitrogens with zero attached hydrogens (tertiary/aromatic N) is 1. The summed E-state index contributed by atoms with van der Waals surface area (Å²) in [6.45, 7) is 4.58. The Bertz CT molecular complexity index is 490. The minimum absolute atomic E-state index is 0.109. The number of aliphatic hydroxyl groups is 1. The van der Waals surface area contributed by atoms with Crippen LogP contribution in [0.25, 0.3) is 0 Å². The van der Waals surface area contributed by atoms with E-state index in [1.807, 2.05) is 38.9 Å². The lowest BCUT2D eigenvalue weighted by molar-refractivity contribution is 0.204. The molecule has 118 valence electrons. The second kappa shape index (κ2) is 7.52. The average molecular weight is 314 g/mol. The molecule has 0 heterocycles. The summed E-state index contributed by atoms with van der Waals surface area (Å²) in [5, 5.41) is 15.1. The molecule has 5 nitrogen and oxygen atoms in total. The fourth-order valence-electron chi connectivity index (χ4n) is 1.83. The average Bonchev–Trinajstić information content (AvgIpc) is 2.36. The van der Waals surface area contributed by atoms with Crippen molar-refractivity contribution in [1.82, 2.24) is 5.32 Å². The first-order valence-electron chi connectivity index (χ1n) is 6.88. The van der Waals surface area contributed by atoms with E-state index in [1.165, 1.54) is 0 Å². The van der Waals surface area contributed by atoms with Crippen LogP contribution in [0.1, 0.15) is 20.3 Å². The van der Waals surface area contributed by atoms with Crippen molar-refractivity contribution in [3.8, 4) is 0 Å². The van der Waals surface area contributed by atoms with E-state index in [1.54, 1.807) is 12.1 Å². The second-order valence-corrected chi connectivity index (χ2v) is 6.41. The lowest BCUT2D eigenvalue weighted by Crippen LogP contribution is -2.37. The first kappa shape index (κ1) is 17.6. The van der Waals surface area contributed by atoms with Gasteiger partial charge in [0.15, 0.2) is 0 Å². The number of hydrogen-bond acceptors (Lipinski definition) is 3. The van der Waals surface area contributed by atoms with Crippen LogP contribution in [-0.2, 0) is 0 Å². The molecule has 0 aromatic heterocycles. The maximum atomic E-state index is 11.9. The molecule has 0 spiro atoms. The van der Waals surface area contributed by atoms with Crippen molar-refractivity contribution in [2.75, 3.05) is 37.5 Å². The molecule has 0 radical (unpaired) electrons. The molecule has 21 heavy (non-hydrogen) atoms. The standard InChI is InChI=1S/C15H24ClN3O2/c1-15(2,7-8-20)10-17-14(21)18-11-5-6-13(19(3)4)12(16)9-11/h5-6,9,20H,7-8,10H2,1-4H3,(H2,17,18,21). The quantitative estimate of drug-likeness (QED) is 0.756. The largest absolute Gasteiger partial charge is 0.396 e. The number of nitrogens with one attached hydrogen (secondary N) is 2. The molecule has 0 saturated heterocycles. The van der Waals surface area contributed by atoms with Crippen molar-refractivity contribution in [3.63, 3.8) is 0 Å². The molecule has 0 unspecified atom stereocenters. The monoisotopic (exact) mass is 313 g/mol. The zero-order valence-corrected chi connectivity index (χ0v) is 13.8. The van der Waals surface area contributed by atoms with Gasteiger partial charge in [0.1, 0.15) is 0 Å². The Morgan fingerprint density at radius 1 is 1.38 bits per heavy atom. The van der Waals surface area contributed by atoms with Crippen molar-refractivity contribution < 1.29 is 9.90 Å². The van der Waals surface area contributed by atoms with E-state index in [0.717, 1.165) is 5.69 Å². The Morgan fingerprint density at radius 2 is 2.05 bits per heavy atom. The van der Waals surface area contributed by atoms with E-state index < -0.39 is 0 Å². The Labute approximate surface area is 131 Å². The van der Waals surface area contributed by atoms with Crippen LogP contribution >= 0.6 is 11.6 Å².